The van der Waals surface area contributed by atoms with Gasteiger partial charge in [-0.15, -0.1) is 0 Å². The Bertz CT molecular complexity index is 1130. The first-order valence-electron chi connectivity index (χ1n) is 12.0. The minimum atomic E-state index is -1.47. The number of aliphatic carboxylic acids is 2. The quantitative estimate of drug-likeness (QED) is 0.152. The van der Waals surface area contributed by atoms with Crippen LogP contribution in [0.2, 0.25) is 0 Å². The zero-order chi connectivity index (χ0) is 27.7. The first-order chi connectivity index (χ1) is 18.1. The molecule has 38 heavy (non-hydrogen) atoms. The Hall–Kier alpha value is -4.46. The average Bonchev–Trinajstić information content (AvgIpc) is 3.58. The van der Waals surface area contributed by atoms with Gasteiger partial charge in [-0.2, -0.15) is 0 Å². The van der Waals surface area contributed by atoms with Gasteiger partial charge < -0.3 is 41.6 Å². The number of carbonyl (C=O) groups is 5. The zero-order valence-corrected chi connectivity index (χ0v) is 20.3. The summed E-state index contributed by atoms with van der Waals surface area (Å²) < 4.78 is 0. The maximum absolute atomic E-state index is 13.2. The largest absolute Gasteiger partial charge is 0.508 e. The van der Waals surface area contributed by atoms with E-state index in [1.807, 2.05) is 0 Å². The molecule has 14 nitrogen and oxygen atoms in total. The summed E-state index contributed by atoms with van der Waals surface area (Å²) >= 11 is 0. The van der Waals surface area contributed by atoms with E-state index in [1.165, 1.54) is 36.8 Å². The molecule has 2 heterocycles. The topological polar surface area (TPSA) is 223 Å². The van der Waals surface area contributed by atoms with Crippen molar-refractivity contribution < 1.29 is 39.3 Å². The highest BCUT2D eigenvalue weighted by molar-refractivity contribution is 5.95. The van der Waals surface area contributed by atoms with E-state index in [0.717, 1.165) is 6.42 Å². The first-order valence-corrected chi connectivity index (χ1v) is 12.0. The Kier molecular flexibility index (Phi) is 9.76. The van der Waals surface area contributed by atoms with Crippen molar-refractivity contribution in [2.75, 3.05) is 6.54 Å². The van der Waals surface area contributed by atoms with Crippen LogP contribution in [0, 0.1) is 0 Å². The SMILES string of the molecule is O=C(O)CC(NC(=O)C1CCCN1)C(=O)NC(Cc1ccc(O)cc1)C(=O)NC(Cc1cnc[nH]1)C(=O)O. The number of benzene rings is 1. The zero-order valence-electron chi connectivity index (χ0n) is 20.3. The van der Waals surface area contributed by atoms with Gasteiger partial charge in [-0.05, 0) is 37.1 Å². The number of imidazole rings is 1. The molecule has 0 spiro atoms. The fourth-order valence-electron chi connectivity index (χ4n) is 4.00. The molecule has 204 valence electrons. The third-order valence-electron chi connectivity index (χ3n) is 5.99. The third-order valence-corrected chi connectivity index (χ3v) is 5.99. The van der Waals surface area contributed by atoms with Crippen LogP contribution >= 0.6 is 0 Å². The molecule has 1 aromatic heterocycles. The minimum Gasteiger partial charge on any atom is -0.508 e. The predicted molar refractivity (Wildman–Crippen MR) is 131 cm³/mol. The van der Waals surface area contributed by atoms with Gasteiger partial charge in [0.15, 0.2) is 0 Å². The number of amides is 3. The molecule has 4 unspecified atom stereocenters. The molecule has 4 atom stereocenters. The number of carbonyl (C=O) groups excluding carboxylic acids is 3. The molecule has 1 fully saturated rings. The molecule has 0 aliphatic carbocycles. The van der Waals surface area contributed by atoms with Gasteiger partial charge in [0.05, 0.1) is 18.8 Å². The van der Waals surface area contributed by atoms with Crippen LogP contribution in [0.5, 0.6) is 5.75 Å². The molecule has 1 aliphatic heterocycles. The number of aromatic hydroxyl groups is 1. The fourth-order valence-corrected chi connectivity index (χ4v) is 4.00. The highest BCUT2D eigenvalue weighted by Crippen LogP contribution is 2.13. The first kappa shape index (κ1) is 28.1. The Morgan fingerprint density at radius 3 is 2.21 bits per heavy atom. The maximum Gasteiger partial charge on any atom is 0.326 e. The number of phenolic OH excluding ortho intramolecular Hbond substituents is 1. The maximum atomic E-state index is 13.2. The number of hydrogen-bond acceptors (Lipinski definition) is 8. The summed E-state index contributed by atoms with van der Waals surface area (Å²) in [5, 5.41) is 38.7. The minimum absolute atomic E-state index is 0.0194. The molecule has 3 amide bonds. The van der Waals surface area contributed by atoms with Crippen LogP contribution in [0.15, 0.2) is 36.8 Å². The lowest BCUT2D eigenvalue weighted by atomic mass is 10.0. The smallest absolute Gasteiger partial charge is 0.326 e. The van der Waals surface area contributed by atoms with Crippen molar-refractivity contribution in [3.63, 3.8) is 0 Å². The summed E-state index contributed by atoms with van der Waals surface area (Å²) in [6.07, 6.45) is 3.13. The second-order valence-electron chi connectivity index (χ2n) is 8.92. The number of aromatic nitrogens is 2. The molecule has 1 saturated heterocycles. The number of H-pyrrole nitrogens is 1. The Balaban J connectivity index is 1.78. The Labute approximate surface area is 217 Å². The van der Waals surface area contributed by atoms with E-state index in [0.29, 0.717) is 24.2 Å². The van der Waals surface area contributed by atoms with Crippen LogP contribution in [0.4, 0.5) is 0 Å². The van der Waals surface area contributed by atoms with E-state index in [9.17, 15) is 39.3 Å². The molecule has 0 bridgehead atoms. The van der Waals surface area contributed by atoms with E-state index < -0.39 is 60.2 Å². The van der Waals surface area contributed by atoms with Crippen molar-refractivity contribution >= 4 is 29.7 Å². The van der Waals surface area contributed by atoms with Gasteiger partial charge in [0.2, 0.25) is 17.7 Å². The van der Waals surface area contributed by atoms with Crippen LogP contribution in [-0.4, -0.2) is 85.7 Å². The van der Waals surface area contributed by atoms with Gasteiger partial charge in [-0.25, -0.2) is 9.78 Å². The van der Waals surface area contributed by atoms with E-state index in [1.54, 1.807) is 0 Å². The number of aromatic amines is 1. The molecule has 3 rings (SSSR count). The third kappa shape index (κ3) is 8.30. The number of hydrogen-bond donors (Lipinski definition) is 8. The fraction of sp³-hybridized carbons (Fsp3) is 0.417. The number of nitrogens with one attached hydrogen (secondary N) is 5. The molecule has 14 heteroatoms. The van der Waals surface area contributed by atoms with Crippen molar-refractivity contribution in [1.29, 1.82) is 0 Å². The number of phenols is 1. The Morgan fingerprint density at radius 1 is 0.947 bits per heavy atom. The Morgan fingerprint density at radius 2 is 1.63 bits per heavy atom. The molecule has 0 radical (unpaired) electrons. The van der Waals surface area contributed by atoms with E-state index in [-0.39, 0.29) is 18.6 Å². The summed E-state index contributed by atoms with van der Waals surface area (Å²) in [6, 6.07) is 1.08. The van der Waals surface area contributed by atoms with Crippen molar-refractivity contribution in [2.45, 2.75) is 56.3 Å². The van der Waals surface area contributed by atoms with Crippen molar-refractivity contribution in [1.82, 2.24) is 31.2 Å². The van der Waals surface area contributed by atoms with Gasteiger partial charge in [-0.1, -0.05) is 12.1 Å². The molecule has 8 N–H and O–H groups in total. The highest BCUT2D eigenvalue weighted by Gasteiger charge is 2.32. The number of nitrogens with zero attached hydrogens (tertiary/aromatic N) is 1. The van der Waals surface area contributed by atoms with Crippen LogP contribution in [0.1, 0.15) is 30.5 Å². The summed E-state index contributed by atoms with van der Waals surface area (Å²) in [5.41, 5.74) is 0.985. The van der Waals surface area contributed by atoms with E-state index in [2.05, 4.69) is 31.2 Å². The van der Waals surface area contributed by atoms with Crippen molar-refractivity contribution in [3.8, 4) is 5.75 Å². The summed E-state index contributed by atoms with van der Waals surface area (Å²) in [6.45, 7) is 0.617. The summed E-state index contributed by atoms with van der Waals surface area (Å²) in [4.78, 5) is 68.6. The second kappa shape index (κ2) is 13.2. The average molecular weight is 531 g/mol. The normalized spacial score (nSPS) is 17.1. The van der Waals surface area contributed by atoms with Gasteiger partial charge >= 0.3 is 11.9 Å². The van der Waals surface area contributed by atoms with Crippen LogP contribution < -0.4 is 21.3 Å². The number of rotatable bonds is 13. The monoisotopic (exact) mass is 530 g/mol. The van der Waals surface area contributed by atoms with E-state index >= 15 is 0 Å². The predicted octanol–water partition coefficient (Wildman–Crippen LogP) is -1.33. The van der Waals surface area contributed by atoms with Crippen LogP contribution in [-0.2, 0) is 36.8 Å². The number of carboxylic acid groups (broad SMARTS) is 2. The second-order valence-corrected chi connectivity index (χ2v) is 8.92. The lowest BCUT2D eigenvalue weighted by Gasteiger charge is -2.25. The molecule has 1 aliphatic rings. The van der Waals surface area contributed by atoms with Crippen LogP contribution in [0.3, 0.4) is 0 Å². The lowest BCUT2D eigenvalue weighted by molar-refractivity contribution is -0.143. The highest BCUT2D eigenvalue weighted by atomic mass is 16.4. The van der Waals surface area contributed by atoms with E-state index in [4.69, 9.17) is 0 Å². The summed E-state index contributed by atoms with van der Waals surface area (Å²) in [5.74, 6) is -4.96. The van der Waals surface area contributed by atoms with Gasteiger partial charge in [-0.3, -0.25) is 19.2 Å². The summed E-state index contributed by atoms with van der Waals surface area (Å²) in [7, 11) is 0. The standard InChI is InChI=1S/C24H30N6O8/c31-15-5-3-13(4-6-15)8-17(22(35)30-19(24(37)38)9-14-11-25-12-27-14)28-23(36)18(10-20(32)33)29-21(34)16-2-1-7-26-16/h3-6,11-12,16-19,26,31H,1-2,7-10H2,(H,25,27)(H,28,36)(H,29,34)(H,30,35)(H,32,33)(H,37,38). The van der Waals surface area contributed by atoms with Gasteiger partial charge in [0, 0.05) is 24.7 Å². The molecular weight excluding hydrogens is 500 g/mol. The molecular formula is C24H30N6O8. The van der Waals surface area contributed by atoms with Crippen LogP contribution in [0.25, 0.3) is 0 Å². The van der Waals surface area contributed by atoms with Crippen molar-refractivity contribution in [2.24, 2.45) is 0 Å². The molecule has 1 aromatic carbocycles. The van der Waals surface area contributed by atoms with Gasteiger partial charge in [0.1, 0.15) is 23.9 Å². The number of carboxylic acids is 2. The molecule has 0 saturated carbocycles. The molecule has 2 aromatic rings. The lowest BCUT2D eigenvalue weighted by Crippen LogP contribution is -2.58. The van der Waals surface area contributed by atoms with Crippen molar-refractivity contribution in [3.05, 3.63) is 48.0 Å². The van der Waals surface area contributed by atoms with Gasteiger partial charge in [0.25, 0.3) is 0 Å².